The molecule has 11 heteroatoms. The first kappa shape index (κ1) is 35.8. The third kappa shape index (κ3) is 8.06. The Morgan fingerprint density at radius 3 is 2.62 bits per heavy atom. The minimum Gasteiger partial charge on any atom is -0.506 e. The van der Waals surface area contributed by atoms with Gasteiger partial charge in [0, 0.05) is 37.5 Å². The maximum absolute atomic E-state index is 13.9. The molecule has 2 aromatic carbocycles. The van der Waals surface area contributed by atoms with Gasteiger partial charge in [-0.05, 0) is 98.5 Å². The Kier molecular flexibility index (Phi) is 11.0. The number of hydrogen-bond acceptors (Lipinski definition) is 9. The van der Waals surface area contributed by atoms with Gasteiger partial charge in [0.15, 0.2) is 0 Å². The van der Waals surface area contributed by atoms with Gasteiger partial charge in [0.2, 0.25) is 11.5 Å². The second-order valence-electron chi connectivity index (χ2n) is 14.8. The molecule has 5 heterocycles. The number of ether oxygens (including phenoxy) is 1. The molecule has 52 heavy (non-hydrogen) atoms. The van der Waals surface area contributed by atoms with Crippen LogP contribution >= 0.6 is 0 Å². The first-order valence-electron chi connectivity index (χ1n) is 18.8. The Labute approximate surface area is 303 Å². The summed E-state index contributed by atoms with van der Waals surface area (Å²) in [6.07, 6.45) is 9.61. The number of aromatic hydroxyl groups is 1. The van der Waals surface area contributed by atoms with Crippen molar-refractivity contribution in [1.82, 2.24) is 20.2 Å². The van der Waals surface area contributed by atoms with Crippen LogP contribution < -0.4 is 16.2 Å². The second kappa shape index (κ2) is 16.0. The van der Waals surface area contributed by atoms with E-state index < -0.39 is 11.5 Å². The van der Waals surface area contributed by atoms with E-state index in [1.807, 2.05) is 18.2 Å². The van der Waals surface area contributed by atoms with E-state index in [0.717, 1.165) is 87.8 Å². The molecule has 1 saturated carbocycles. The van der Waals surface area contributed by atoms with Crippen molar-refractivity contribution in [1.29, 1.82) is 0 Å². The molecular weight excluding hydrogens is 658 g/mol. The van der Waals surface area contributed by atoms with E-state index in [1.54, 1.807) is 18.3 Å². The molecule has 2 atom stereocenters. The number of aromatic amines is 1. The summed E-state index contributed by atoms with van der Waals surface area (Å²) in [6, 6.07) is 18.1. The van der Waals surface area contributed by atoms with Gasteiger partial charge >= 0.3 is 5.97 Å². The van der Waals surface area contributed by atoms with Crippen molar-refractivity contribution in [2.45, 2.75) is 88.4 Å². The van der Waals surface area contributed by atoms with E-state index in [2.05, 4.69) is 43.7 Å². The van der Waals surface area contributed by atoms with E-state index in [4.69, 9.17) is 4.74 Å². The largest absolute Gasteiger partial charge is 0.506 e. The summed E-state index contributed by atoms with van der Waals surface area (Å²) in [5.74, 6) is 0.302. The number of anilines is 1. The summed E-state index contributed by atoms with van der Waals surface area (Å²) < 4.78 is 6.34. The number of phenols is 1. The molecule has 3 aliphatic heterocycles. The number of nitrogens with one attached hydrogen (secondary N) is 3. The number of amides is 1. The van der Waals surface area contributed by atoms with Gasteiger partial charge in [0.1, 0.15) is 11.9 Å². The lowest BCUT2D eigenvalue weighted by Crippen LogP contribution is -2.53. The van der Waals surface area contributed by atoms with Crippen LogP contribution in [0.4, 0.5) is 5.69 Å². The van der Waals surface area contributed by atoms with Crippen LogP contribution in [0.1, 0.15) is 86.3 Å². The number of rotatable bonds is 13. The highest BCUT2D eigenvalue weighted by molar-refractivity contribution is 5.90. The molecule has 3 saturated heterocycles. The molecule has 4 aromatic rings. The quantitative estimate of drug-likeness (QED) is 0.117. The third-order valence-corrected chi connectivity index (χ3v) is 11.3. The maximum Gasteiger partial charge on any atom is 0.316 e. The van der Waals surface area contributed by atoms with Gasteiger partial charge in [-0.25, -0.2) is 0 Å². The fraction of sp³-hybridized carbons (Fsp3) is 0.463. The SMILES string of the molecule is O=C(CCCc1cccc(C2(C(=O)OC3CN4CCC3CC4)CCCCC2)c1)Nc1ccc(CNC[C@H](O)c2ccc(O)c3[nH]c(=O)ccc23)nc1. The van der Waals surface area contributed by atoms with Crippen LogP contribution in [-0.4, -0.2) is 69.2 Å². The molecule has 1 amide bonds. The van der Waals surface area contributed by atoms with Crippen molar-refractivity contribution < 1.29 is 24.5 Å². The van der Waals surface area contributed by atoms with E-state index in [1.165, 1.54) is 12.1 Å². The normalized spacial score (nSPS) is 21.4. The van der Waals surface area contributed by atoms with Crippen LogP contribution in [0.5, 0.6) is 5.75 Å². The number of piperidine rings is 3. The Morgan fingerprint density at radius 1 is 1.04 bits per heavy atom. The Hall–Kier alpha value is -4.58. The smallest absolute Gasteiger partial charge is 0.316 e. The molecule has 1 aliphatic carbocycles. The molecule has 1 unspecified atom stereocenters. The zero-order valence-electron chi connectivity index (χ0n) is 29.6. The number of carbonyl (C=O) groups excluding carboxylic acids is 2. The molecule has 11 nitrogen and oxygen atoms in total. The van der Waals surface area contributed by atoms with E-state index in [0.29, 0.717) is 47.5 Å². The van der Waals surface area contributed by atoms with E-state index >= 15 is 0 Å². The fourth-order valence-corrected chi connectivity index (χ4v) is 8.36. The molecule has 4 fully saturated rings. The van der Waals surface area contributed by atoms with Crippen LogP contribution in [0.3, 0.4) is 0 Å². The minimum absolute atomic E-state index is 0.00655. The zero-order chi connectivity index (χ0) is 36.1. The molecule has 274 valence electrons. The zero-order valence-corrected chi connectivity index (χ0v) is 29.6. The topological polar surface area (TPSA) is 157 Å². The van der Waals surface area contributed by atoms with Gasteiger partial charge in [-0.1, -0.05) is 49.6 Å². The number of fused-ring (bicyclic) bond motifs is 4. The highest BCUT2D eigenvalue weighted by Gasteiger charge is 2.46. The van der Waals surface area contributed by atoms with Gasteiger partial charge < -0.3 is 30.6 Å². The summed E-state index contributed by atoms with van der Waals surface area (Å²) >= 11 is 0. The number of nitrogens with zero attached hydrogens (tertiary/aromatic N) is 2. The molecule has 5 N–H and O–H groups in total. The minimum atomic E-state index is -0.875. The van der Waals surface area contributed by atoms with Crippen LogP contribution in [0.25, 0.3) is 10.9 Å². The first-order chi connectivity index (χ1) is 25.3. The first-order valence-corrected chi connectivity index (χ1v) is 18.8. The lowest BCUT2D eigenvalue weighted by atomic mass is 9.69. The Morgan fingerprint density at radius 2 is 1.87 bits per heavy atom. The lowest BCUT2D eigenvalue weighted by molar-refractivity contribution is -0.167. The van der Waals surface area contributed by atoms with Crippen molar-refractivity contribution in [2.75, 3.05) is 31.5 Å². The summed E-state index contributed by atoms with van der Waals surface area (Å²) in [7, 11) is 0. The Bertz CT molecular complexity index is 1930. The van der Waals surface area contributed by atoms with Crippen LogP contribution in [-0.2, 0) is 32.7 Å². The predicted molar refractivity (Wildman–Crippen MR) is 199 cm³/mol. The summed E-state index contributed by atoms with van der Waals surface area (Å²) in [4.78, 5) is 47.9. The molecule has 2 aromatic heterocycles. The molecule has 0 spiro atoms. The standard InChI is InChI=1S/C41H49N5O6/c47-34-14-12-32(33-13-15-38(50)45-39(33)34)35(48)25-42-23-30-10-11-31(24-43-30)44-37(49)9-5-7-27-6-4-8-29(22-27)41(18-2-1-3-19-41)40(51)52-36-26-46-20-16-28(36)17-21-46/h4,6,8,10-15,22,24,28,35-36,42,47-48H,1-3,5,7,9,16-21,23,25-26H2,(H,44,49)(H,45,50)/t35-,36?/m0/s1. The number of benzene rings is 2. The van der Waals surface area contributed by atoms with Crippen molar-refractivity contribution >= 4 is 28.5 Å². The summed E-state index contributed by atoms with van der Waals surface area (Å²) in [5, 5.41) is 27.6. The van der Waals surface area contributed by atoms with Crippen LogP contribution in [0.2, 0.25) is 0 Å². The van der Waals surface area contributed by atoms with Crippen molar-refractivity contribution in [3.8, 4) is 5.75 Å². The summed E-state index contributed by atoms with van der Waals surface area (Å²) in [6.45, 7) is 3.73. The van der Waals surface area contributed by atoms with Gasteiger partial charge in [0.25, 0.3) is 0 Å². The number of aryl methyl sites for hydroxylation is 1. The number of aromatic nitrogens is 2. The second-order valence-corrected chi connectivity index (χ2v) is 14.8. The number of H-pyrrole nitrogens is 1. The number of phenolic OH excluding ortho intramolecular Hbond substituents is 1. The molecule has 0 radical (unpaired) electrons. The van der Waals surface area contributed by atoms with E-state index in [-0.39, 0.29) is 35.8 Å². The number of carbonyl (C=O) groups is 2. The number of aliphatic hydroxyl groups is 1. The highest BCUT2D eigenvalue weighted by atomic mass is 16.5. The fourth-order valence-electron chi connectivity index (χ4n) is 8.36. The van der Waals surface area contributed by atoms with Crippen LogP contribution in [0, 0.1) is 5.92 Å². The molecule has 2 bridgehead atoms. The van der Waals surface area contributed by atoms with Gasteiger partial charge in [-0.15, -0.1) is 0 Å². The lowest BCUT2D eigenvalue weighted by Gasteiger charge is -2.45. The van der Waals surface area contributed by atoms with E-state index in [9.17, 15) is 24.6 Å². The predicted octanol–water partition coefficient (Wildman–Crippen LogP) is 5.25. The van der Waals surface area contributed by atoms with Crippen molar-refractivity contribution in [2.24, 2.45) is 5.92 Å². The van der Waals surface area contributed by atoms with Gasteiger partial charge in [-0.2, -0.15) is 0 Å². The average Bonchev–Trinajstić information content (AvgIpc) is 3.16. The molecule has 8 rings (SSSR count). The average molecular weight is 708 g/mol. The van der Waals surface area contributed by atoms with Crippen LogP contribution in [0.15, 0.2) is 71.7 Å². The number of hydrogen-bond donors (Lipinski definition) is 5. The highest BCUT2D eigenvalue weighted by Crippen LogP contribution is 2.42. The Balaban J connectivity index is 0.878. The van der Waals surface area contributed by atoms with Crippen molar-refractivity contribution in [3.05, 3.63) is 99.6 Å². The molecular formula is C41H49N5O6. The third-order valence-electron chi connectivity index (χ3n) is 11.3. The number of aliphatic hydroxyl groups excluding tert-OH is 1. The van der Waals surface area contributed by atoms with Gasteiger partial charge in [0.05, 0.1) is 34.6 Å². The number of pyridine rings is 2. The monoisotopic (exact) mass is 707 g/mol. The summed E-state index contributed by atoms with van der Waals surface area (Å²) in [5.41, 5.74) is 3.50. The van der Waals surface area contributed by atoms with Gasteiger partial charge in [-0.3, -0.25) is 24.3 Å². The number of esters is 1. The molecule has 4 aliphatic rings. The maximum atomic E-state index is 13.9. The van der Waals surface area contributed by atoms with Crippen molar-refractivity contribution in [3.63, 3.8) is 0 Å².